The van der Waals surface area contributed by atoms with Gasteiger partial charge in [0.15, 0.2) is 0 Å². The van der Waals surface area contributed by atoms with E-state index in [1.54, 1.807) is 0 Å². The summed E-state index contributed by atoms with van der Waals surface area (Å²) in [7, 11) is 0. The van der Waals surface area contributed by atoms with Gasteiger partial charge in [-0.25, -0.2) is 4.98 Å². The van der Waals surface area contributed by atoms with E-state index < -0.39 is 0 Å². The average molecular weight is 358 g/mol. The fourth-order valence-corrected chi connectivity index (χ4v) is 4.31. The molecule has 1 aromatic heterocycles. The zero-order valence-corrected chi connectivity index (χ0v) is 16.3. The molecule has 2 aromatic carbocycles. The highest BCUT2D eigenvalue weighted by atomic mass is 16.2. The molecule has 0 spiro atoms. The summed E-state index contributed by atoms with van der Waals surface area (Å²) in [6.45, 7) is 6.42. The van der Waals surface area contributed by atoms with E-state index in [-0.39, 0.29) is 18.0 Å². The SMILES string of the molecule is Cc1ccccc1-c1cc(C(=O)N2[C@@H](C)CCC[C@@H]2C)c2ccccc2n1. The Hall–Kier alpha value is -2.68. The van der Waals surface area contributed by atoms with Crippen molar-refractivity contribution in [3.8, 4) is 11.3 Å². The maximum Gasteiger partial charge on any atom is 0.255 e. The van der Waals surface area contributed by atoms with E-state index >= 15 is 0 Å². The van der Waals surface area contributed by atoms with Crippen LogP contribution in [0.3, 0.4) is 0 Å². The summed E-state index contributed by atoms with van der Waals surface area (Å²) in [5, 5.41) is 0.935. The van der Waals surface area contributed by atoms with Crippen LogP contribution in [0.5, 0.6) is 0 Å². The molecule has 0 bridgehead atoms. The largest absolute Gasteiger partial charge is 0.333 e. The second-order valence-corrected chi connectivity index (χ2v) is 7.73. The van der Waals surface area contributed by atoms with Crippen molar-refractivity contribution in [2.75, 3.05) is 0 Å². The van der Waals surface area contributed by atoms with Gasteiger partial charge in [0, 0.05) is 23.0 Å². The smallest absolute Gasteiger partial charge is 0.255 e. The molecule has 3 heteroatoms. The van der Waals surface area contributed by atoms with Crippen molar-refractivity contribution in [1.82, 2.24) is 9.88 Å². The lowest BCUT2D eigenvalue weighted by atomic mass is 9.95. The lowest BCUT2D eigenvalue weighted by Gasteiger charge is -2.39. The van der Waals surface area contributed by atoms with Crippen molar-refractivity contribution >= 4 is 16.8 Å². The molecule has 3 aromatic rings. The lowest BCUT2D eigenvalue weighted by Crippen LogP contribution is -2.47. The van der Waals surface area contributed by atoms with Crippen molar-refractivity contribution in [2.45, 2.75) is 52.1 Å². The van der Waals surface area contributed by atoms with Crippen molar-refractivity contribution in [3.05, 3.63) is 65.7 Å². The molecular weight excluding hydrogens is 332 g/mol. The normalized spacial score (nSPS) is 20.0. The van der Waals surface area contributed by atoms with Crippen LogP contribution in [0.25, 0.3) is 22.2 Å². The first-order valence-corrected chi connectivity index (χ1v) is 9.84. The highest BCUT2D eigenvalue weighted by Crippen LogP contribution is 2.30. The number of likely N-dealkylation sites (tertiary alicyclic amines) is 1. The second-order valence-electron chi connectivity index (χ2n) is 7.73. The van der Waals surface area contributed by atoms with Gasteiger partial charge < -0.3 is 4.90 Å². The maximum atomic E-state index is 13.6. The van der Waals surface area contributed by atoms with E-state index in [9.17, 15) is 4.79 Å². The number of hydrogen-bond acceptors (Lipinski definition) is 2. The summed E-state index contributed by atoms with van der Waals surface area (Å²) in [4.78, 5) is 20.5. The van der Waals surface area contributed by atoms with Crippen molar-refractivity contribution < 1.29 is 4.79 Å². The predicted molar refractivity (Wildman–Crippen MR) is 111 cm³/mol. The number of aryl methyl sites for hydroxylation is 1. The number of carbonyl (C=O) groups is 1. The highest BCUT2D eigenvalue weighted by Gasteiger charge is 2.30. The summed E-state index contributed by atoms with van der Waals surface area (Å²) < 4.78 is 0. The fraction of sp³-hybridized carbons (Fsp3) is 0.333. The number of nitrogens with zero attached hydrogens (tertiary/aromatic N) is 2. The molecular formula is C24H26N2O. The molecule has 0 radical (unpaired) electrons. The molecule has 0 N–H and O–H groups in total. The van der Waals surface area contributed by atoms with Gasteiger partial charge in [0.2, 0.25) is 0 Å². The molecule has 138 valence electrons. The number of carbonyl (C=O) groups excluding carboxylic acids is 1. The monoisotopic (exact) mass is 358 g/mol. The first-order chi connectivity index (χ1) is 13.1. The molecule has 1 saturated heterocycles. The van der Waals surface area contributed by atoms with E-state index in [0.29, 0.717) is 0 Å². The van der Waals surface area contributed by atoms with Crippen molar-refractivity contribution in [1.29, 1.82) is 0 Å². The van der Waals surface area contributed by atoms with Gasteiger partial charge in [-0.3, -0.25) is 4.79 Å². The summed E-state index contributed by atoms with van der Waals surface area (Å²) in [6, 6.07) is 18.7. The van der Waals surface area contributed by atoms with E-state index in [0.717, 1.165) is 40.6 Å². The van der Waals surface area contributed by atoms with Gasteiger partial charge in [0.1, 0.15) is 0 Å². The quantitative estimate of drug-likeness (QED) is 0.596. The third-order valence-corrected chi connectivity index (χ3v) is 5.80. The van der Waals surface area contributed by atoms with Gasteiger partial charge in [0.05, 0.1) is 16.8 Å². The van der Waals surface area contributed by atoms with Gasteiger partial charge in [-0.15, -0.1) is 0 Å². The number of rotatable bonds is 2. The first kappa shape index (κ1) is 17.7. The van der Waals surface area contributed by atoms with Crippen LogP contribution in [0.2, 0.25) is 0 Å². The van der Waals surface area contributed by atoms with E-state index in [4.69, 9.17) is 4.98 Å². The molecule has 1 aliphatic heterocycles. The number of fused-ring (bicyclic) bond motifs is 1. The van der Waals surface area contributed by atoms with Gasteiger partial charge in [-0.05, 0) is 57.7 Å². The highest BCUT2D eigenvalue weighted by molar-refractivity contribution is 6.07. The molecule has 2 heterocycles. The Balaban J connectivity index is 1.89. The molecule has 4 rings (SSSR count). The predicted octanol–water partition coefficient (Wildman–Crippen LogP) is 5.61. The van der Waals surface area contributed by atoms with Crippen LogP contribution in [0.1, 0.15) is 49.0 Å². The first-order valence-electron chi connectivity index (χ1n) is 9.84. The molecule has 1 amide bonds. The summed E-state index contributed by atoms with van der Waals surface area (Å²) in [5.74, 6) is 0.128. The maximum absolute atomic E-state index is 13.6. The number of amides is 1. The molecule has 2 atom stereocenters. The van der Waals surface area contributed by atoms with Crippen molar-refractivity contribution in [3.63, 3.8) is 0 Å². The number of pyridine rings is 1. The van der Waals surface area contributed by atoms with Crippen LogP contribution in [0.4, 0.5) is 0 Å². The van der Waals surface area contributed by atoms with Crippen LogP contribution in [-0.2, 0) is 0 Å². The molecule has 0 unspecified atom stereocenters. The minimum Gasteiger partial charge on any atom is -0.333 e. The molecule has 1 fully saturated rings. The van der Waals surface area contributed by atoms with Crippen molar-refractivity contribution in [2.24, 2.45) is 0 Å². The zero-order chi connectivity index (χ0) is 19.0. The van der Waals surface area contributed by atoms with Crippen LogP contribution in [0, 0.1) is 6.92 Å². The minimum absolute atomic E-state index is 0.128. The number of aromatic nitrogens is 1. The standard InChI is InChI=1S/C24H26N2O/c1-16-9-4-5-12-19(16)23-15-21(20-13-6-7-14-22(20)25-23)24(27)26-17(2)10-8-11-18(26)3/h4-7,9,12-15,17-18H,8,10-11H2,1-3H3/t17-,18-/m0/s1. The Morgan fingerprint density at radius 3 is 2.41 bits per heavy atom. The molecule has 3 nitrogen and oxygen atoms in total. The van der Waals surface area contributed by atoms with Gasteiger partial charge in [0.25, 0.3) is 5.91 Å². The topological polar surface area (TPSA) is 33.2 Å². The van der Waals surface area contributed by atoms with E-state index in [1.165, 1.54) is 12.0 Å². The van der Waals surface area contributed by atoms with E-state index in [2.05, 4.69) is 37.8 Å². The number of para-hydroxylation sites is 1. The van der Waals surface area contributed by atoms with Crippen LogP contribution in [-0.4, -0.2) is 27.9 Å². The fourth-order valence-electron chi connectivity index (χ4n) is 4.31. The average Bonchev–Trinajstić information content (AvgIpc) is 2.67. The minimum atomic E-state index is 0.128. The number of piperidine rings is 1. The van der Waals surface area contributed by atoms with Crippen LogP contribution in [0.15, 0.2) is 54.6 Å². The third-order valence-electron chi connectivity index (χ3n) is 5.80. The summed E-state index contributed by atoms with van der Waals surface area (Å²) >= 11 is 0. The van der Waals surface area contributed by atoms with Gasteiger partial charge in [-0.2, -0.15) is 0 Å². The number of benzene rings is 2. The van der Waals surface area contributed by atoms with Crippen LogP contribution < -0.4 is 0 Å². The molecule has 27 heavy (non-hydrogen) atoms. The Kier molecular flexibility index (Phi) is 4.69. The van der Waals surface area contributed by atoms with Crippen LogP contribution >= 0.6 is 0 Å². The Labute approximate surface area is 161 Å². The Bertz CT molecular complexity index is 985. The summed E-state index contributed by atoms with van der Waals surface area (Å²) in [5.41, 5.74) is 4.75. The van der Waals surface area contributed by atoms with Gasteiger partial charge >= 0.3 is 0 Å². The third kappa shape index (κ3) is 3.23. The van der Waals surface area contributed by atoms with Gasteiger partial charge in [-0.1, -0.05) is 42.5 Å². The second kappa shape index (κ2) is 7.15. The Morgan fingerprint density at radius 1 is 1.00 bits per heavy atom. The lowest BCUT2D eigenvalue weighted by molar-refractivity contribution is 0.0513. The summed E-state index contributed by atoms with van der Waals surface area (Å²) in [6.07, 6.45) is 3.34. The Morgan fingerprint density at radius 2 is 1.67 bits per heavy atom. The molecule has 0 saturated carbocycles. The van der Waals surface area contributed by atoms with E-state index in [1.807, 2.05) is 42.5 Å². The molecule has 1 aliphatic rings. The zero-order valence-electron chi connectivity index (χ0n) is 16.3. The number of hydrogen-bond donors (Lipinski definition) is 0. The molecule has 0 aliphatic carbocycles.